The number of nitrogens with zero attached hydrogens (tertiary/aromatic N) is 2. The van der Waals surface area contributed by atoms with Gasteiger partial charge < -0.3 is 5.11 Å². The highest BCUT2D eigenvalue weighted by Crippen LogP contribution is 2.39. The summed E-state index contributed by atoms with van der Waals surface area (Å²) in [5.74, 6) is 0.979. The molecule has 0 radical (unpaired) electrons. The molecule has 3 nitrogen and oxygen atoms in total. The molecule has 0 aromatic carbocycles. The highest BCUT2D eigenvalue weighted by Gasteiger charge is 2.32. The van der Waals surface area contributed by atoms with Crippen LogP contribution in [0.2, 0.25) is 0 Å². The molecule has 1 fully saturated rings. The molecule has 1 aromatic heterocycles. The number of rotatable bonds is 2. The zero-order valence-electron chi connectivity index (χ0n) is 6.14. The summed E-state index contributed by atoms with van der Waals surface area (Å²) in [5.41, 5.74) is 0. The third-order valence-corrected chi connectivity index (χ3v) is 1.92. The van der Waals surface area contributed by atoms with Crippen molar-refractivity contribution in [2.75, 3.05) is 0 Å². The molecule has 3 heteroatoms. The first-order valence-corrected chi connectivity index (χ1v) is 3.83. The van der Waals surface area contributed by atoms with Crippen molar-refractivity contribution in [3.05, 3.63) is 24.3 Å². The Morgan fingerprint density at radius 1 is 1.36 bits per heavy atom. The van der Waals surface area contributed by atoms with Crippen molar-refractivity contribution in [1.29, 1.82) is 0 Å². The van der Waals surface area contributed by atoms with Crippen LogP contribution in [-0.4, -0.2) is 15.1 Å². The second-order valence-corrected chi connectivity index (χ2v) is 2.89. The average Bonchev–Trinajstić information content (AvgIpc) is 2.87. The molecule has 1 aliphatic carbocycles. The highest BCUT2D eigenvalue weighted by molar-refractivity contribution is 4.98. The van der Waals surface area contributed by atoms with Gasteiger partial charge in [0, 0.05) is 12.4 Å². The van der Waals surface area contributed by atoms with Gasteiger partial charge in [-0.25, -0.2) is 9.97 Å². The maximum absolute atomic E-state index is 9.54. The van der Waals surface area contributed by atoms with Crippen molar-refractivity contribution in [2.24, 2.45) is 5.92 Å². The first-order valence-electron chi connectivity index (χ1n) is 3.83. The summed E-state index contributed by atoms with van der Waals surface area (Å²) in [7, 11) is 0. The predicted octanol–water partition coefficient (Wildman–Crippen LogP) is 0.920. The van der Waals surface area contributed by atoms with E-state index in [0.29, 0.717) is 11.7 Å². The summed E-state index contributed by atoms with van der Waals surface area (Å²) in [6, 6.07) is 1.75. The molecule has 0 saturated heterocycles. The van der Waals surface area contributed by atoms with Gasteiger partial charge in [-0.2, -0.15) is 0 Å². The molecule has 0 aliphatic heterocycles. The Morgan fingerprint density at radius 2 is 2.00 bits per heavy atom. The lowest BCUT2D eigenvalue weighted by atomic mass is 10.2. The van der Waals surface area contributed by atoms with Gasteiger partial charge in [0.15, 0.2) is 5.82 Å². The van der Waals surface area contributed by atoms with E-state index in [4.69, 9.17) is 0 Å². The fourth-order valence-corrected chi connectivity index (χ4v) is 1.09. The van der Waals surface area contributed by atoms with Crippen LogP contribution in [0.25, 0.3) is 0 Å². The topological polar surface area (TPSA) is 46.0 Å². The molecule has 0 bridgehead atoms. The van der Waals surface area contributed by atoms with Gasteiger partial charge in [0.05, 0.1) is 0 Å². The van der Waals surface area contributed by atoms with E-state index in [0.717, 1.165) is 12.8 Å². The quantitative estimate of drug-likeness (QED) is 0.681. The standard InChI is InChI=1S/C8H10N2O/c11-7(6-2-3-6)8-9-4-1-5-10-8/h1,4-7,11H,2-3H2/t7-/m0/s1. The van der Waals surface area contributed by atoms with Crippen LogP contribution in [-0.2, 0) is 0 Å². The molecule has 58 valence electrons. The molecule has 1 heterocycles. The van der Waals surface area contributed by atoms with E-state index in [9.17, 15) is 5.11 Å². The van der Waals surface area contributed by atoms with Gasteiger partial charge in [-0.3, -0.25) is 0 Å². The van der Waals surface area contributed by atoms with E-state index >= 15 is 0 Å². The minimum Gasteiger partial charge on any atom is -0.385 e. The third-order valence-electron chi connectivity index (χ3n) is 1.92. The molecular formula is C8H10N2O. The van der Waals surface area contributed by atoms with Crippen molar-refractivity contribution in [2.45, 2.75) is 18.9 Å². The first kappa shape index (κ1) is 6.73. The van der Waals surface area contributed by atoms with Crippen molar-refractivity contribution in [1.82, 2.24) is 9.97 Å². The molecule has 1 saturated carbocycles. The Labute approximate surface area is 65.1 Å². The van der Waals surface area contributed by atoms with Crippen molar-refractivity contribution in [3.63, 3.8) is 0 Å². The summed E-state index contributed by atoms with van der Waals surface area (Å²) in [6.07, 6.45) is 5.11. The van der Waals surface area contributed by atoms with Crippen LogP contribution in [0.15, 0.2) is 18.5 Å². The lowest BCUT2D eigenvalue weighted by Crippen LogP contribution is -2.04. The first-order chi connectivity index (χ1) is 5.38. The number of aliphatic hydroxyl groups is 1. The van der Waals surface area contributed by atoms with Crippen LogP contribution >= 0.6 is 0 Å². The van der Waals surface area contributed by atoms with Gasteiger partial charge in [0.2, 0.25) is 0 Å². The molecule has 1 atom stereocenters. The molecule has 0 spiro atoms. The predicted molar refractivity (Wildman–Crippen MR) is 39.7 cm³/mol. The van der Waals surface area contributed by atoms with E-state index < -0.39 is 6.10 Å². The van der Waals surface area contributed by atoms with Crippen LogP contribution < -0.4 is 0 Å². The zero-order valence-corrected chi connectivity index (χ0v) is 6.14. The fraction of sp³-hybridized carbons (Fsp3) is 0.500. The molecule has 1 aliphatic rings. The van der Waals surface area contributed by atoms with Gasteiger partial charge in [-0.15, -0.1) is 0 Å². The van der Waals surface area contributed by atoms with E-state index in [1.165, 1.54) is 0 Å². The van der Waals surface area contributed by atoms with E-state index in [2.05, 4.69) is 9.97 Å². The zero-order chi connectivity index (χ0) is 7.68. The Bertz CT molecular complexity index is 233. The number of hydrogen-bond acceptors (Lipinski definition) is 3. The number of hydrogen-bond donors (Lipinski definition) is 1. The SMILES string of the molecule is O[C@H](c1ncccn1)C1CC1. The number of aromatic nitrogens is 2. The number of aliphatic hydroxyl groups excluding tert-OH is 1. The molecule has 2 rings (SSSR count). The third kappa shape index (κ3) is 1.38. The van der Waals surface area contributed by atoms with Gasteiger partial charge in [-0.05, 0) is 24.8 Å². The van der Waals surface area contributed by atoms with Gasteiger partial charge in [0.25, 0.3) is 0 Å². The van der Waals surface area contributed by atoms with Crippen LogP contribution in [0.1, 0.15) is 24.8 Å². The average molecular weight is 150 g/mol. The van der Waals surface area contributed by atoms with Gasteiger partial charge in [0.1, 0.15) is 6.10 Å². The smallest absolute Gasteiger partial charge is 0.157 e. The fourth-order valence-electron chi connectivity index (χ4n) is 1.09. The Balaban J connectivity index is 2.15. The van der Waals surface area contributed by atoms with Crippen molar-refractivity contribution >= 4 is 0 Å². The summed E-state index contributed by atoms with van der Waals surface area (Å²) < 4.78 is 0. The second-order valence-electron chi connectivity index (χ2n) is 2.89. The largest absolute Gasteiger partial charge is 0.385 e. The highest BCUT2D eigenvalue weighted by atomic mass is 16.3. The molecule has 11 heavy (non-hydrogen) atoms. The maximum Gasteiger partial charge on any atom is 0.157 e. The molecule has 1 aromatic rings. The molecule has 0 unspecified atom stereocenters. The second kappa shape index (κ2) is 2.58. The van der Waals surface area contributed by atoms with Crippen LogP contribution in [0, 0.1) is 5.92 Å². The Kier molecular flexibility index (Phi) is 1.58. The summed E-state index contributed by atoms with van der Waals surface area (Å²) in [5, 5.41) is 9.54. The monoisotopic (exact) mass is 150 g/mol. The summed E-state index contributed by atoms with van der Waals surface area (Å²) in [4.78, 5) is 7.96. The van der Waals surface area contributed by atoms with Crippen LogP contribution in [0.5, 0.6) is 0 Å². The van der Waals surface area contributed by atoms with Gasteiger partial charge in [-0.1, -0.05) is 0 Å². The van der Waals surface area contributed by atoms with Crippen molar-refractivity contribution < 1.29 is 5.11 Å². The molecule has 0 amide bonds. The van der Waals surface area contributed by atoms with Crippen LogP contribution in [0.4, 0.5) is 0 Å². The lowest BCUT2D eigenvalue weighted by molar-refractivity contribution is 0.144. The van der Waals surface area contributed by atoms with E-state index in [-0.39, 0.29) is 0 Å². The maximum atomic E-state index is 9.54. The lowest BCUT2D eigenvalue weighted by Gasteiger charge is -2.04. The van der Waals surface area contributed by atoms with E-state index in [1.54, 1.807) is 18.5 Å². The summed E-state index contributed by atoms with van der Waals surface area (Å²) in [6.45, 7) is 0. The molecule has 1 N–H and O–H groups in total. The van der Waals surface area contributed by atoms with Crippen LogP contribution in [0.3, 0.4) is 0 Å². The summed E-state index contributed by atoms with van der Waals surface area (Å²) >= 11 is 0. The minimum atomic E-state index is -0.434. The van der Waals surface area contributed by atoms with Crippen molar-refractivity contribution in [3.8, 4) is 0 Å². The molecular weight excluding hydrogens is 140 g/mol. The Morgan fingerprint density at radius 3 is 2.55 bits per heavy atom. The minimum absolute atomic E-state index is 0.414. The van der Waals surface area contributed by atoms with E-state index in [1.807, 2.05) is 0 Å². The normalized spacial score (nSPS) is 19.7. The Hall–Kier alpha value is -0.960. The van der Waals surface area contributed by atoms with Gasteiger partial charge >= 0.3 is 0 Å².